The fourth-order valence-electron chi connectivity index (χ4n) is 4.29. The molecule has 0 spiro atoms. The van der Waals surface area contributed by atoms with E-state index in [1.807, 2.05) is 12.1 Å². The van der Waals surface area contributed by atoms with E-state index in [2.05, 4.69) is 16.3 Å². The standard InChI is InChI=1S/C20H27N3O4/c1-20(16-6-5-14-3-2-4-15(14)11-16)18(25)23(19(26)21-20)13-17(24)12-22-7-9-27-10-8-22/h5-6,11,17,24H,2-4,7-10,12-13H2,1H3,(H,21,26)/t17-,20+/m0/s1. The summed E-state index contributed by atoms with van der Waals surface area (Å²) in [4.78, 5) is 28.8. The Labute approximate surface area is 159 Å². The van der Waals surface area contributed by atoms with E-state index in [1.165, 1.54) is 11.1 Å². The number of imide groups is 1. The number of hydrogen-bond donors (Lipinski definition) is 2. The predicted octanol–water partition coefficient (Wildman–Crippen LogP) is 0.635. The monoisotopic (exact) mass is 373 g/mol. The summed E-state index contributed by atoms with van der Waals surface area (Å²) in [6, 6.07) is 5.62. The van der Waals surface area contributed by atoms with Crippen LogP contribution in [0.3, 0.4) is 0 Å². The van der Waals surface area contributed by atoms with Crippen LogP contribution >= 0.6 is 0 Å². The smallest absolute Gasteiger partial charge is 0.325 e. The highest BCUT2D eigenvalue weighted by atomic mass is 16.5. The van der Waals surface area contributed by atoms with Gasteiger partial charge in [-0.05, 0) is 42.9 Å². The topological polar surface area (TPSA) is 82.1 Å². The number of nitrogens with one attached hydrogen (secondary N) is 1. The van der Waals surface area contributed by atoms with Crippen LogP contribution in [0.2, 0.25) is 0 Å². The zero-order valence-electron chi connectivity index (χ0n) is 15.7. The van der Waals surface area contributed by atoms with E-state index in [4.69, 9.17) is 4.74 Å². The lowest BCUT2D eigenvalue weighted by molar-refractivity contribution is -0.132. The van der Waals surface area contributed by atoms with Gasteiger partial charge in [0.25, 0.3) is 5.91 Å². The molecule has 4 rings (SSSR count). The third-order valence-corrected chi connectivity index (χ3v) is 5.92. The molecule has 2 saturated heterocycles. The number of urea groups is 1. The number of morpholine rings is 1. The number of amides is 3. The van der Waals surface area contributed by atoms with E-state index in [0.29, 0.717) is 19.8 Å². The number of rotatable bonds is 5. The minimum Gasteiger partial charge on any atom is -0.390 e. The molecule has 7 nitrogen and oxygen atoms in total. The quantitative estimate of drug-likeness (QED) is 0.740. The van der Waals surface area contributed by atoms with Gasteiger partial charge < -0.3 is 15.2 Å². The summed E-state index contributed by atoms with van der Waals surface area (Å²) in [5.41, 5.74) is 2.33. The van der Waals surface area contributed by atoms with Crippen molar-refractivity contribution in [3.05, 3.63) is 34.9 Å². The van der Waals surface area contributed by atoms with Gasteiger partial charge in [0.15, 0.2) is 0 Å². The largest absolute Gasteiger partial charge is 0.390 e. The van der Waals surface area contributed by atoms with Crippen molar-refractivity contribution in [1.82, 2.24) is 15.1 Å². The highest BCUT2D eigenvalue weighted by Crippen LogP contribution is 2.32. The number of carbonyl (C=O) groups is 2. The average molecular weight is 373 g/mol. The number of aliphatic hydroxyl groups excluding tert-OH is 1. The molecule has 2 atom stereocenters. The number of benzene rings is 1. The first-order valence-electron chi connectivity index (χ1n) is 9.72. The van der Waals surface area contributed by atoms with Gasteiger partial charge in [0, 0.05) is 19.6 Å². The third kappa shape index (κ3) is 3.47. The molecule has 0 bridgehead atoms. The maximum atomic E-state index is 13.1. The van der Waals surface area contributed by atoms with Gasteiger partial charge in [-0.1, -0.05) is 18.2 Å². The van der Waals surface area contributed by atoms with Gasteiger partial charge >= 0.3 is 6.03 Å². The normalized spacial score (nSPS) is 27.0. The molecule has 1 aliphatic carbocycles. The van der Waals surface area contributed by atoms with Crippen molar-refractivity contribution in [1.29, 1.82) is 0 Å². The van der Waals surface area contributed by atoms with Gasteiger partial charge in [-0.2, -0.15) is 0 Å². The lowest BCUT2D eigenvalue weighted by Gasteiger charge is -2.29. The molecule has 3 amide bonds. The van der Waals surface area contributed by atoms with E-state index < -0.39 is 17.7 Å². The van der Waals surface area contributed by atoms with Crippen LogP contribution in [0.15, 0.2) is 18.2 Å². The summed E-state index contributed by atoms with van der Waals surface area (Å²) >= 11 is 0. The molecule has 2 fully saturated rings. The first-order valence-corrected chi connectivity index (χ1v) is 9.72. The fourth-order valence-corrected chi connectivity index (χ4v) is 4.29. The van der Waals surface area contributed by atoms with Crippen LogP contribution in [-0.2, 0) is 27.9 Å². The second-order valence-corrected chi connectivity index (χ2v) is 7.87. The van der Waals surface area contributed by atoms with E-state index >= 15 is 0 Å². The Balaban J connectivity index is 1.46. The predicted molar refractivity (Wildman–Crippen MR) is 99.3 cm³/mol. The second kappa shape index (κ2) is 7.22. The SMILES string of the molecule is C[C@]1(c2ccc3c(c2)CCC3)NC(=O)N(C[C@@H](O)CN2CCOCC2)C1=O. The first-order chi connectivity index (χ1) is 13.0. The maximum Gasteiger partial charge on any atom is 0.325 e. The number of aliphatic hydroxyl groups is 1. The Morgan fingerprint density at radius 2 is 1.93 bits per heavy atom. The molecule has 7 heteroatoms. The van der Waals surface area contributed by atoms with E-state index in [9.17, 15) is 14.7 Å². The van der Waals surface area contributed by atoms with Crippen molar-refractivity contribution < 1.29 is 19.4 Å². The fraction of sp³-hybridized carbons (Fsp3) is 0.600. The van der Waals surface area contributed by atoms with Crippen molar-refractivity contribution in [3.8, 4) is 0 Å². The van der Waals surface area contributed by atoms with Crippen LogP contribution in [0.25, 0.3) is 0 Å². The summed E-state index contributed by atoms with van der Waals surface area (Å²) in [5, 5.41) is 13.2. The molecule has 2 aliphatic heterocycles. The third-order valence-electron chi connectivity index (χ3n) is 5.92. The summed E-state index contributed by atoms with van der Waals surface area (Å²) in [6.45, 7) is 4.98. The van der Waals surface area contributed by atoms with Crippen molar-refractivity contribution in [3.63, 3.8) is 0 Å². The molecule has 0 radical (unpaired) electrons. The number of aryl methyl sites for hydroxylation is 2. The van der Waals surface area contributed by atoms with Crippen LogP contribution in [0.1, 0.15) is 30.0 Å². The second-order valence-electron chi connectivity index (χ2n) is 7.87. The molecule has 0 unspecified atom stereocenters. The van der Waals surface area contributed by atoms with Gasteiger partial charge in [0.1, 0.15) is 5.54 Å². The molecule has 1 aromatic carbocycles. The number of β-amino-alcohol motifs (C(OH)–C–C–N with tert-alkyl or cyclic N) is 1. The van der Waals surface area contributed by atoms with Gasteiger partial charge in [-0.3, -0.25) is 14.6 Å². The van der Waals surface area contributed by atoms with Crippen molar-refractivity contribution in [2.75, 3.05) is 39.4 Å². The Bertz CT molecular complexity index is 747. The Morgan fingerprint density at radius 3 is 2.70 bits per heavy atom. The molecular weight excluding hydrogens is 346 g/mol. The minimum atomic E-state index is -1.08. The van der Waals surface area contributed by atoms with Gasteiger partial charge in [0.05, 0.1) is 25.9 Å². The van der Waals surface area contributed by atoms with Crippen LogP contribution in [0.5, 0.6) is 0 Å². The number of fused-ring (bicyclic) bond motifs is 1. The highest BCUT2D eigenvalue weighted by molar-refractivity contribution is 6.07. The first kappa shape index (κ1) is 18.4. The summed E-state index contributed by atoms with van der Waals surface area (Å²) < 4.78 is 5.30. The van der Waals surface area contributed by atoms with Crippen LogP contribution in [0.4, 0.5) is 4.79 Å². The van der Waals surface area contributed by atoms with Crippen molar-refractivity contribution >= 4 is 11.9 Å². The number of ether oxygens (including phenoxy) is 1. The highest BCUT2D eigenvalue weighted by Gasteiger charge is 2.49. The Morgan fingerprint density at radius 1 is 1.19 bits per heavy atom. The zero-order valence-corrected chi connectivity index (χ0v) is 15.7. The van der Waals surface area contributed by atoms with Crippen molar-refractivity contribution in [2.45, 2.75) is 37.8 Å². The molecule has 1 aromatic rings. The lowest BCUT2D eigenvalue weighted by Crippen LogP contribution is -2.46. The molecule has 0 aromatic heterocycles. The van der Waals surface area contributed by atoms with E-state index in [0.717, 1.165) is 42.8 Å². The van der Waals surface area contributed by atoms with E-state index in [-0.39, 0.29) is 12.5 Å². The van der Waals surface area contributed by atoms with Crippen LogP contribution < -0.4 is 5.32 Å². The Hall–Kier alpha value is -1.96. The summed E-state index contributed by atoms with van der Waals surface area (Å²) in [7, 11) is 0. The van der Waals surface area contributed by atoms with E-state index in [1.54, 1.807) is 6.92 Å². The zero-order chi connectivity index (χ0) is 19.0. The molecule has 3 aliphatic rings. The molecule has 27 heavy (non-hydrogen) atoms. The average Bonchev–Trinajstić information content (AvgIpc) is 3.21. The van der Waals surface area contributed by atoms with Gasteiger partial charge in [-0.25, -0.2) is 4.79 Å². The van der Waals surface area contributed by atoms with Crippen LogP contribution in [-0.4, -0.2) is 72.3 Å². The summed E-state index contributed by atoms with van der Waals surface area (Å²) in [6.07, 6.45) is 2.45. The minimum absolute atomic E-state index is 0.00253. The molecule has 2 heterocycles. The van der Waals surface area contributed by atoms with Gasteiger partial charge in [-0.15, -0.1) is 0 Å². The van der Waals surface area contributed by atoms with Crippen LogP contribution in [0, 0.1) is 0 Å². The number of nitrogens with zero attached hydrogens (tertiary/aromatic N) is 2. The molecule has 146 valence electrons. The lowest BCUT2D eigenvalue weighted by atomic mass is 9.89. The summed E-state index contributed by atoms with van der Waals surface area (Å²) in [5.74, 6) is -0.300. The van der Waals surface area contributed by atoms with Crippen molar-refractivity contribution in [2.24, 2.45) is 0 Å². The number of hydrogen-bond acceptors (Lipinski definition) is 5. The maximum absolute atomic E-state index is 13.1. The molecular formula is C20H27N3O4. The molecule has 0 saturated carbocycles. The van der Waals surface area contributed by atoms with Gasteiger partial charge in [0.2, 0.25) is 0 Å². The molecule has 2 N–H and O–H groups in total. The Kier molecular flexibility index (Phi) is 4.92. The number of carbonyl (C=O) groups excluding carboxylic acids is 2.